The molecule has 3 aromatic carbocycles. The predicted molar refractivity (Wildman–Crippen MR) is 153 cm³/mol. The number of para-hydroxylation sites is 1. The summed E-state index contributed by atoms with van der Waals surface area (Å²) in [6.45, 7) is 3.34. The van der Waals surface area contributed by atoms with E-state index in [0.717, 1.165) is 11.3 Å². The van der Waals surface area contributed by atoms with Crippen LogP contribution in [0.4, 0.5) is 5.69 Å². The average molecular weight is 594 g/mol. The van der Waals surface area contributed by atoms with E-state index in [1.807, 2.05) is 53.1 Å². The number of amides is 1. The molecule has 1 aromatic heterocycles. The third kappa shape index (κ3) is 5.66. The van der Waals surface area contributed by atoms with Crippen molar-refractivity contribution < 1.29 is 27.4 Å². The van der Waals surface area contributed by atoms with Crippen LogP contribution in [0.2, 0.25) is 0 Å². The fraction of sp³-hybridized carbons (Fsp3) is 0.250. The number of aromatic nitrogens is 3. The van der Waals surface area contributed by atoms with Crippen molar-refractivity contribution in [2.45, 2.75) is 22.2 Å². The molecule has 1 fully saturated rings. The van der Waals surface area contributed by atoms with Crippen LogP contribution in [0.3, 0.4) is 0 Å². The zero-order valence-corrected chi connectivity index (χ0v) is 23.7. The van der Waals surface area contributed by atoms with E-state index >= 15 is 0 Å². The van der Waals surface area contributed by atoms with Crippen LogP contribution in [-0.2, 0) is 19.6 Å². The third-order valence-corrected chi connectivity index (χ3v) is 9.62. The maximum Gasteiger partial charge on any atom is 0.243 e. The summed E-state index contributed by atoms with van der Waals surface area (Å²) in [4.78, 5) is 13.3. The molecule has 0 saturated carbocycles. The molecule has 0 radical (unpaired) electrons. The molecule has 6 rings (SSSR count). The van der Waals surface area contributed by atoms with Gasteiger partial charge in [-0.1, -0.05) is 30.0 Å². The highest BCUT2D eigenvalue weighted by atomic mass is 32.2. The van der Waals surface area contributed by atoms with Gasteiger partial charge in [-0.25, -0.2) is 8.42 Å². The minimum Gasteiger partial charge on any atom is -0.454 e. The lowest BCUT2D eigenvalue weighted by molar-refractivity contribution is -0.115. The van der Waals surface area contributed by atoms with Crippen molar-refractivity contribution >= 4 is 33.4 Å². The summed E-state index contributed by atoms with van der Waals surface area (Å²) in [7, 11) is -3.62. The van der Waals surface area contributed by atoms with Crippen LogP contribution in [0.25, 0.3) is 17.1 Å². The number of ether oxygens (including phenoxy) is 3. The van der Waals surface area contributed by atoms with E-state index in [2.05, 4.69) is 15.5 Å². The molecule has 13 heteroatoms. The molecule has 0 aliphatic carbocycles. The Kier molecular flexibility index (Phi) is 7.67. The van der Waals surface area contributed by atoms with Crippen molar-refractivity contribution in [3.63, 3.8) is 0 Å². The number of hydrogen-bond acceptors (Lipinski definition) is 9. The maximum atomic E-state index is 13.1. The van der Waals surface area contributed by atoms with Gasteiger partial charge < -0.3 is 19.5 Å². The summed E-state index contributed by atoms with van der Waals surface area (Å²) in [6.07, 6.45) is 0. The van der Waals surface area contributed by atoms with Gasteiger partial charge in [0.05, 0.1) is 23.4 Å². The Bertz CT molecular complexity index is 1660. The first-order chi connectivity index (χ1) is 19.9. The predicted octanol–water partition coefficient (Wildman–Crippen LogP) is 3.80. The van der Waals surface area contributed by atoms with Crippen molar-refractivity contribution in [2.24, 2.45) is 0 Å². The van der Waals surface area contributed by atoms with Crippen molar-refractivity contribution in [2.75, 3.05) is 38.4 Å². The molecule has 2 aliphatic rings. The Balaban J connectivity index is 1.19. The van der Waals surface area contributed by atoms with Gasteiger partial charge in [0.25, 0.3) is 0 Å². The second kappa shape index (κ2) is 11.5. The van der Waals surface area contributed by atoms with Gasteiger partial charge in [-0.05, 0) is 61.5 Å². The van der Waals surface area contributed by atoms with Crippen molar-refractivity contribution in [1.82, 2.24) is 19.1 Å². The largest absolute Gasteiger partial charge is 0.454 e. The molecule has 0 spiro atoms. The number of rotatable bonds is 8. The first kappa shape index (κ1) is 27.3. The molecule has 1 saturated heterocycles. The number of hydrogen-bond donors (Lipinski definition) is 1. The summed E-state index contributed by atoms with van der Waals surface area (Å²) in [6, 6.07) is 21.4. The minimum atomic E-state index is -3.62. The number of anilines is 1. The van der Waals surface area contributed by atoms with Crippen molar-refractivity contribution in [3.05, 3.63) is 72.8 Å². The summed E-state index contributed by atoms with van der Waals surface area (Å²) in [5.74, 6) is 1.65. The van der Waals surface area contributed by atoms with E-state index in [4.69, 9.17) is 14.2 Å². The molecule has 0 bridgehead atoms. The zero-order valence-electron chi connectivity index (χ0n) is 22.1. The van der Waals surface area contributed by atoms with Crippen LogP contribution in [0.1, 0.15) is 6.92 Å². The van der Waals surface area contributed by atoms with Crippen LogP contribution >= 0.6 is 11.8 Å². The molecule has 3 heterocycles. The molecule has 0 unspecified atom stereocenters. The Hall–Kier alpha value is -3.91. The number of sulfonamides is 1. The van der Waals surface area contributed by atoms with E-state index in [1.54, 1.807) is 19.1 Å². The van der Waals surface area contributed by atoms with Crippen molar-refractivity contribution in [3.8, 4) is 28.6 Å². The standard InChI is InChI=1S/C28H27N5O6S2/c1-19(27(34)29-21-8-10-23(11-9-21)41(35,36)32-13-15-37-16-14-32)40-28-31-30-26(33(28)22-5-3-2-4-6-22)20-7-12-24-25(17-20)39-18-38-24/h2-12,17,19H,13-16,18H2,1H3,(H,29,34)/t19-/m0/s1. The van der Waals surface area contributed by atoms with Gasteiger partial charge in [0, 0.05) is 30.0 Å². The van der Waals surface area contributed by atoms with Crippen LogP contribution in [0.15, 0.2) is 82.8 Å². The van der Waals surface area contributed by atoms with Gasteiger partial charge in [-0.15, -0.1) is 10.2 Å². The number of morpholine rings is 1. The number of fused-ring (bicyclic) bond motifs is 1. The summed E-state index contributed by atoms with van der Waals surface area (Å²) in [5, 5.41) is 11.7. The molecular weight excluding hydrogens is 566 g/mol. The molecule has 4 aromatic rings. The summed E-state index contributed by atoms with van der Waals surface area (Å²) >= 11 is 1.27. The molecule has 212 valence electrons. The quantitative estimate of drug-likeness (QED) is 0.304. The second-order valence-electron chi connectivity index (χ2n) is 9.34. The monoisotopic (exact) mass is 593 g/mol. The van der Waals surface area contributed by atoms with E-state index in [9.17, 15) is 13.2 Å². The zero-order chi connectivity index (χ0) is 28.4. The second-order valence-corrected chi connectivity index (χ2v) is 12.6. The molecule has 41 heavy (non-hydrogen) atoms. The number of thioether (sulfide) groups is 1. The number of carbonyl (C=O) groups excluding carboxylic acids is 1. The first-order valence-corrected chi connectivity index (χ1v) is 15.3. The van der Waals surface area contributed by atoms with Gasteiger partial charge in [0.15, 0.2) is 22.5 Å². The molecule has 1 amide bonds. The highest BCUT2D eigenvalue weighted by molar-refractivity contribution is 8.00. The summed E-state index contributed by atoms with van der Waals surface area (Å²) in [5.41, 5.74) is 2.13. The van der Waals surface area contributed by atoms with E-state index in [-0.39, 0.29) is 17.6 Å². The molecule has 1 N–H and O–H groups in total. The Labute approximate surface area is 241 Å². The highest BCUT2D eigenvalue weighted by Gasteiger charge is 2.27. The van der Waals surface area contributed by atoms with E-state index in [1.165, 1.54) is 28.2 Å². The van der Waals surface area contributed by atoms with E-state index in [0.29, 0.717) is 54.5 Å². The van der Waals surface area contributed by atoms with Crippen LogP contribution < -0.4 is 14.8 Å². The van der Waals surface area contributed by atoms with E-state index < -0.39 is 15.3 Å². The van der Waals surface area contributed by atoms with Crippen LogP contribution in [0, 0.1) is 0 Å². The number of benzene rings is 3. The van der Waals surface area contributed by atoms with Gasteiger partial charge in [0.1, 0.15) is 0 Å². The highest BCUT2D eigenvalue weighted by Crippen LogP contribution is 2.37. The average Bonchev–Trinajstić information content (AvgIpc) is 3.65. The fourth-order valence-electron chi connectivity index (χ4n) is 4.48. The van der Waals surface area contributed by atoms with Crippen LogP contribution in [-0.4, -0.2) is 71.7 Å². The van der Waals surface area contributed by atoms with Gasteiger partial charge in [0.2, 0.25) is 22.7 Å². The van der Waals surface area contributed by atoms with Gasteiger partial charge in [-0.3, -0.25) is 9.36 Å². The molecular formula is C28H27N5O6S2. The Morgan fingerprint density at radius 1 is 0.951 bits per heavy atom. The van der Waals surface area contributed by atoms with Gasteiger partial charge >= 0.3 is 0 Å². The normalized spacial score (nSPS) is 15.9. The maximum absolute atomic E-state index is 13.1. The lowest BCUT2D eigenvalue weighted by Gasteiger charge is -2.26. The molecule has 11 nitrogen and oxygen atoms in total. The number of nitrogens with zero attached hydrogens (tertiary/aromatic N) is 4. The summed E-state index contributed by atoms with van der Waals surface area (Å²) < 4.78 is 45.3. The Morgan fingerprint density at radius 2 is 1.68 bits per heavy atom. The molecule has 2 aliphatic heterocycles. The smallest absolute Gasteiger partial charge is 0.243 e. The number of carbonyl (C=O) groups is 1. The fourth-order valence-corrected chi connectivity index (χ4v) is 6.76. The third-order valence-electron chi connectivity index (χ3n) is 6.66. The molecule has 1 atom stereocenters. The lowest BCUT2D eigenvalue weighted by atomic mass is 10.2. The number of nitrogens with one attached hydrogen (secondary N) is 1. The Morgan fingerprint density at radius 3 is 2.44 bits per heavy atom. The van der Waals surface area contributed by atoms with Crippen molar-refractivity contribution in [1.29, 1.82) is 0 Å². The first-order valence-electron chi connectivity index (χ1n) is 13.0. The minimum absolute atomic E-state index is 0.171. The SMILES string of the molecule is C[C@H](Sc1nnc(-c2ccc3c(c2)OCO3)n1-c1ccccc1)C(=O)Nc1ccc(S(=O)(=O)N2CCOCC2)cc1. The lowest BCUT2D eigenvalue weighted by Crippen LogP contribution is -2.40. The topological polar surface area (TPSA) is 125 Å². The van der Waals surface area contributed by atoms with Crippen LogP contribution in [0.5, 0.6) is 11.5 Å². The van der Waals surface area contributed by atoms with Gasteiger partial charge in [-0.2, -0.15) is 4.31 Å².